The van der Waals surface area contributed by atoms with Gasteiger partial charge in [-0.2, -0.15) is 0 Å². The van der Waals surface area contributed by atoms with Crippen molar-refractivity contribution in [1.82, 2.24) is 10.2 Å². The molecule has 0 heterocycles. The molecule has 120 valence electrons. The molecule has 0 fully saturated rings. The normalized spacial score (nSPS) is 15.1. The Morgan fingerprint density at radius 3 is 2.15 bits per heavy atom. The van der Waals surface area contributed by atoms with Crippen molar-refractivity contribution < 1.29 is 9.90 Å². The lowest BCUT2D eigenvalue weighted by Crippen LogP contribution is -2.54. The molecule has 4 heteroatoms. The Balaban J connectivity index is 4.57. The minimum atomic E-state index is -0.775. The third-order valence-electron chi connectivity index (χ3n) is 3.87. The number of carbonyl (C=O) groups is 1. The van der Waals surface area contributed by atoms with Crippen LogP contribution in [0.1, 0.15) is 67.2 Å². The molecule has 0 bridgehead atoms. The molecule has 0 aromatic rings. The smallest absolute Gasteiger partial charge is 0.323 e. The van der Waals surface area contributed by atoms with Gasteiger partial charge in [0.2, 0.25) is 0 Å². The molecule has 2 N–H and O–H groups in total. The number of aliphatic carboxylic acids is 1. The van der Waals surface area contributed by atoms with Gasteiger partial charge in [0.15, 0.2) is 0 Å². The second kappa shape index (κ2) is 9.35. The summed E-state index contributed by atoms with van der Waals surface area (Å²) in [4.78, 5) is 14.1. The van der Waals surface area contributed by atoms with Crippen molar-refractivity contribution in [2.45, 2.75) is 84.8 Å². The van der Waals surface area contributed by atoms with Crippen molar-refractivity contribution in [2.24, 2.45) is 0 Å². The van der Waals surface area contributed by atoms with Crippen LogP contribution in [0.5, 0.6) is 0 Å². The average molecular weight is 286 g/mol. The highest BCUT2D eigenvalue weighted by molar-refractivity contribution is 5.78. The van der Waals surface area contributed by atoms with Crippen LogP contribution in [0, 0.1) is 0 Å². The zero-order valence-electron chi connectivity index (χ0n) is 14.2. The molecule has 0 aromatic heterocycles. The fourth-order valence-electron chi connectivity index (χ4n) is 2.72. The molecule has 1 unspecified atom stereocenters. The van der Waals surface area contributed by atoms with Crippen molar-refractivity contribution in [3.8, 4) is 0 Å². The summed E-state index contributed by atoms with van der Waals surface area (Å²) in [5.74, 6) is -0.722. The number of hydrogen-bond acceptors (Lipinski definition) is 3. The molecule has 20 heavy (non-hydrogen) atoms. The van der Waals surface area contributed by atoms with E-state index in [0.717, 1.165) is 25.9 Å². The van der Waals surface area contributed by atoms with Gasteiger partial charge in [-0.15, -0.1) is 0 Å². The number of nitrogens with zero attached hydrogens (tertiary/aromatic N) is 1. The molecule has 0 saturated heterocycles. The van der Waals surface area contributed by atoms with Crippen LogP contribution < -0.4 is 5.32 Å². The minimum absolute atomic E-state index is 0.183. The Kier molecular flexibility index (Phi) is 9.06. The number of hydrogen-bond donors (Lipinski definition) is 2. The monoisotopic (exact) mass is 286 g/mol. The first-order valence-electron chi connectivity index (χ1n) is 8.04. The van der Waals surface area contributed by atoms with Gasteiger partial charge in [-0.25, -0.2) is 0 Å². The Morgan fingerprint density at radius 1 is 1.20 bits per heavy atom. The predicted molar refractivity (Wildman–Crippen MR) is 85.2 cm³/mol. The van der Waals surface area contributed by atoms with E-state index < -0.39 is 11.5 Å². The molecular weight excluding hydrogens is 252 g/mol. The van der Waals surface area contributed by atoms with Crippen molar-refractivity contribution >= 4 is 5.97 Å². The zero-order valence-corrected chi connectivity index (χ0v) is 14.2. The van der Waals surface area contributed by atoms with E-state index in [1.54, 1.807) is 0 Å². The summed E-state index contributed by atoms with van der Waals surface area (Å²) in [7, 11) is 0. The van der Waals surface area contributed by atoms with Crippen molar-refractivity contribution in [2.75, 3.05) is 13.1 Å². The molecule has 0 aliphatic heterocycles. The molecule has 0 spiro atoms. The Labute approximate surface area is 124 Å². The summed E-state index contributed by atoms with van der Waals surface area (Å²) in [6.45, 7) is 14.6. The van der Waals surface area contributed by atoms with Crippen LogP contribution in [-0.4, -0.2) is 46.7 Å². The summed E-state index contributed by atoms with van der Waals surface area (Å²) in [5.41, 5.74) is -0.775. The third-order valence-corrected chi connectivity index (χ3v) is 3.87. The van der Waals surface area contributed by atoms with Gasteiger partial charge in [0.05, 0.1) is 0 Å². The lowest BCUT2D eigenvalue weighted by atomic mass is 9.89. The Hall–Kier alpha value is -0.610. The minimum Gasteiger partial charge on any atom is -0.480 e. The van der Waals surface area contributed by atoms with Crippen molar-refractivity contribution in [3.05, 3.63) is 0 Å². The molecule has 4 nitrogen and oxygen atoms in total. The van der Waals surface area contributed by atoms with Gasteiger partial charge >= 0.3 is 5.97 Å². The highest BCUT2D eigenvalue weighted by atomic mass is 16.4. The maximum Gasteiger partial charge on any atom is 0.323 e. The fourth-order valence-corrected chi connectivity index (χ4v) is 2.72. The summed E-state index contributed by atoms with van der Waals surface area (Å²) < 4.78 is 0. The third kappa shape index (κ3) is 6.23. The largest absolute Gasteiger partial charge is 0.480 e. The van der Waals surface area contributed by atoms with Crippen LogP contribution in [0.15, 0.2) is 0 Å². The van der Waals surface area contributed by atoms with Crippen LogP contribution >= 0.6 is 0 Å². The first-order chi connectivity index (χ1) is 9.29. The highest BCUT2D eigenvalue weighted by Gasteiger charge is 2.36. The van der Waals surface area contributed by atoms with Crippen molar-refractivity contribution in [3.63, 3.8) is 0 Å². The van der Waals surface area contributed by atoms with E-state index in [9.17, 15) is 9.90 Å². The molecular formula is C16H34N2O2. The van der Waals surface area contributed by atoms with E-state index in [0.29, 0.717) is 18.9 Å². The fraction of sp³-hybridized carbons (Fsp3) is 0.938. The molecule has 0 aliphatic rings. The summed E-state index contributed by atoms with van der Waals surface area (Å²) in [5, 5.41) is 12.8. The van der Waals surface area contributed by atoms with E-state index in [1.807, 2.05) is 20.8 Å². The van der Waals surface area contributed by atoms with Gasteiger partial charge in [0, 0.05) is 12.1 Å². The topological polar surface area (TPSA) is 52.6 Å². The molecule has 0 saturated carbocycles. The molecule has 0 radical (unpaired) electrons. The quantitative estimate of drug-likeness (QED) is 0.613. The second-order valence-corrected chi connectivity index (χ2v) is 6.27. The summed E-state index contributed by atoms with van der Waals surface area (Å²) >= 11 is 0. The molecule has 0 rings (SSSR count). The number of rotatable bonds is 11. The number of nitrogens with one attached hydrogen (secondary N) is 1. The molecule has 1 atom stereocenters. The average Bonchev–Trinajstić information content (AvgIpc) is 2.35. The van der Waals surface area contributed by atoms with Gasteiger partial charge < -0.3 is 10.0 Å². The first-order valence-corrected chi connectivity index (χ1v) is 8.04. The van der Waals surface area contributed by atoms with E-state index in [4.69, 9.17) is 0 Å². The van der Waals surface area contributed by atoms with Crippen LogP contribution in [0.2, 0.25) is 0 Å². The van der Waals surface area contributed by atoms with Gasteiger partial charge in [0.25, 0.3) is 0 Å². The molecule has 0 amide bonds. The number of carboxylic acids is 1. The van der Waals surface area contributed by atoms with Crippen LogP contribution in [0.4, 0.5) is 0 Å². The molecule has 0 aromatic carbocycles. The van der Waals surface area contributed by atoms with E-state index >= 15 is 0 Å². The van der Waals surface area contributed by atoms with Crippen molar-refractivity contribution in [1.29, 1.82) is 0 Å². The van der Waals surface area contributed by atoms with E-state index in [1.165, 1.54) is 0 Å². The first kappa shape index (κ1) is 19.4. The maximum atomic E-state index is 11.6. The van der Waals surface area contributed by atoms with Crippen LogP contribution in [-0.2, 0) is 4.79 Å². The van der Waals surface area contributed by atoms with Gasteiger partial charge in [-0.1, -0.05) is 13.8 Å². The van der Waals surface area contributed by atoms with Crippen LogP contribution in [0.25, 0.3) is 0 Å². The Morgan fingerprint density at radius 2 is 1.80 bits per heavy atom. The van der Waals surface area contributed by atoms with Gasteiger partial charge in [0.1, 0.15) is 5.54 Å². The van der Waals surface area contributed by atoms with Crippen LogP contribution in [0.3, 0.4) is 0 Å². The van der Waals surface area contributed by atoms with E-state index in [-0.39, 0.29) is 6.04 Å². The second-order valence-electron chi connectivity index (χ2n) is 6.27. The highest BCUT2D eigenvalue weighted by Crippen LogP contribution is 2.20. The zero-order chi connectivity index (χ0) is 15.8. The Bertz CT molecular complexity index is 280. The lowest BCUT2D eigenvalue weighted by Gasteiger charge is -2.33. The SMILES string of the molecule is CCCN(CCCC(CC)(NC(C)C)C(=O)O)C(C)C. The summed E-state index contributed by atoms with van der Waals surface area (Å²) in [6, 6.07) is 0.705. The predicted octanol–water partition coefficient (Wildman–Crippen LogP) is 3.12. The number of carboxylic acid groups (broad SMARTS) is 1. The van der Waals surface area contributed by atoms with Gasteiger partial charge in [-0.3, -0.25) is 10.1 Å². The lowest BCUT2D eigenvalue weighted by molar-refractivity contribution is -0.145. The molecule has 0 aliphatic carbocycles. The summed E-state index contributed by atoms with van der Waals surface area (Å²) in [6.07, 6.45) is 3.36. The van der Waals surface area contributed by atoms with E-state index in [2.05, 4.69) is 31.0 Å². The van der Waals surface area contributed by atoms with Gasteiger partial charge in [-0.05, 0) is 66.5 Å². The maximum absolute atomic E-state index is 11.6. The standard InChI is InChI=1S/C16H34N2O2/c1-7-11-18(14(5)6)12-9-10-16(8-2,15(19)20)17-13(3)4/h13-14,17H,7-12H2,1-6H3,(H,19,20).